The fourth-order valence-corrected chi connectivity index (χ4v) is 3.98. The molecule has 10 heteroatoms. The van der Waals surface area contributed by atoms with E-state index < -0.39 is 23.7 Å². The van der Waals surface area contributed by atoms with E-state index in [2.05, 4.69) is 9.97 Å². The number of aromatic nitrogens is 3. The Morgan fingerprint density at radius 1 is 1.28 bits per heavy atom. The molecule has 0 unspecified atom stereocenters. The predicted octanol–water partition coefficient (Wildman–Crippen LogP) is 3.92. The highest BCUT2D eigenvalue weighted by Gasteiger charge is 2.34. The number of halogens is 3. The van der Waals surface area contributed by atoms with Gasteiger partial charge in [0.1, 0.15) is 29.5 Å². The topological polar surface area (TPSA) is 85.8 Å². The molecule has 0 spiro atoms. The summed E-state index contributed by atoms with van der Waals surface area (Å²) in [7, 11) is 1.52. The molecule has 5 rings (SSSR count). The number of carbonyl (C=O) groups is 1. The fourth-order valence-electron chi connectivity index (χ4n) is 3.98. The third-order valence-electron chi connectivity index (χ3n) is 5.76. The van der Waals surface area contributed by atoms with Crippen molar-refractivity contribution in [3.63, 3.8) is 0 Å². The highest BCUT2D eigenvalue weighted by Crippen LogP contribution is 2.40. The highest BCUT2D eigenvalue weighted by atomic mass is 19.3. The van der Waals surface area contributed by atoms with Crippen molar-refractivity contribution in [2.75, 3.05) is 19.4 Å². The number of alkyl halides is 2. The van der Waals surface area contributed by atoms with Crippen LogP contribution in [0.2, 0.25) is 0 Å². The number of anilines is 1. The summed E-state index contributed by atoms with van der Waals surface area (Å²) in [6, 6.07) is 6.10. The van der Waals surface area contributed by atoms with Gasteiger partial charge in [-0.15, -0.1) is 0 Å². The lowest BCUT2D eigenvalue weighted by Gasteiger charge is -2.24. The molecule has 7 nitrogen and oxygen atoms in total. The molecule has 0 bridgehead atoms. The third-order valence-corrected chi connectivity index (χ3v) is 5.76. The zero-order chi connectivity index (χ0) is 22.8. The van der Waals surface area contributed by atoms with Gasteiger partial charge in [-0.2, -0.15) is 0 Å². The summed E-state index contributed by atoms with van der Waals surface area (Å²) >= 11 is 0. The standard InChI is InChI=1S/C22H18F3N5O2/c1-22(24,25)11-3-4-12-18(9-32-19(12)5-11)29(2)21(31)13-6-16-15(7-14(13)23)28-20(26)17-8-27-10-30(16)17/h3-8,10,18H,9H2,1-2H3,(H2,26,28)/t18-/m1/s1. The minimum absolute atomic E-state index is 0.0787. The van der Waals surface area contributed by atoms with Crippen LogP contribution in [0.5, 0.6) is 5.75 Å². The van der Waals surface area contributed by atoms with Gasteiger partial charge in [0, 0.05) is 31.2 Å². The lowest BCUT2D eigenvalue weighted by molar-refractivity contribution is 0.0172. The largest absolute Gasteiger partial charge is 0.491 e. The maximum absolute atomic E-state index is 14.9. The summed E-state index contributed by atoms with van der Waals surface area (Å²) in [5.41, 5.74) is 7.44. The molecule has 0 aliphatic carbocycles. The number of hydrogen-bond acceptors (Lipinski definition) is 5. The molecule has 1 aliphatic rings. The summed E-state index contributed by atoms with van der Waals surface area (Å²) in [6.07, 6.45) is 3.04. The Hall–Kier alpha value is -3.82. The SMILES string of the molecule is CN(C(=O)c1cc2c(cc1F)nc(N)c1cncn12)[C@@H]1COc2cc(C(C)(F)F)ccc21. The average Bonchev–Trinajstić information content (AvgIpc) is 3.39. The number of nitrogens with two attached hydrogens (primary N) is 1. The minimum Gasteiger partial charge on any atom is -0.491 e. The van der Waals surface area contributed by atoms with Crippen molar-refractivity contribution in [3.8, 4) is 5.75 Å². The second kappa shape index (κ2) is 6.84. The molecule has 0 saturated heterocycles. The van der Waals surface area contributed by atoms with E-state index in [0.717, 1.165) is 13.0 Å². The number of nitrogens with zero attached hydrogens (tertiary/aromatic N) is 4. The van der Waals surface area contributed by atoms with Gasteiger partial charge in [0.05, 0.1) is 35.2 Å². The van der Waals surface area contributed by atoms with Gasteiger partial charge in [0.15, 0.2) is 0 Å². The van der Waals surface area contributed by atoms with E-state index in [1.54, 1.807) is 4.40 Å². The molecule has 0 fully saturated rings. The minimum atomic E-state index is -3.01. The van der Waals surface area contributed by atoms with Crippen molar-refractivity contribution in [3.05, 3.63) is 65.4 Å². The Labute approximate surface area is 180 Å². The van der Waals surface area contributed by atoms with E-state index in [1.807, 2.05) is 0 Å². The first-order chi connectivity index (χ1) is 15.1. The lowest BCUT2D eigenvalue weighted by Crippen LogP contribution is -2.32. The first kappa shape index (κ1) is 20.1. The first-order valence-corrected chi connectivity index (χ1v) is 9.78. The van der Waals surface area contributed by atoms with Gasteiger partial charge >= 0.3 is 0 Å². The van der Waals surface area contributed by atoms with Crippen molar-refractivity contribution in [1.29, 1.82) is 0 Å². The van der Waals surface area contributed by atoms with Crippen LogP contribution in [0.1, 0.15) is 34.5 Å². The molecule has 3 heterocycles. The molecule has 2 N–H and O–H groups in total. The zero-order valence-electron chi connectivity index (χ0n) is 17.1. The second-order valence-electron chi connectivity index (χ2n) is 7.85. The maximum atomic E-state index is 14.9. The molecule has 0 saturated carbocycles. The molecule has 1 amide bonds. The Kier molecular flexibility index (Phi) is 4.30. The van der Waals surface area contributed by atoms with Crippen LogP contribution < -0.4 is 10.5 Å². The van der Waals surface area contributed by atoms with Crippen molar-refractivity contribution < 1.29 is 22.7 Å². The molecule has 2 aromatic carbocycles. The number of fused-ring (bicyclic) bond motifs is 4. The van der Waals surface area contributed by atoms with Crippen LogP contribution in [0.15, 0.2) is 42.9 Å². The van der Waals surface area contributed by atoms with E-state index in [1.165, 1.54) is 48.7 Å². The van der Waals surface area contributed by atoms with E-state index in [9.17, 15) is 18.0 Å². The monoisotopic (exact) mass is 441 g/mol. The molecule has 1 aliphatic heterocycles. The van der Waals surface area contributed by atoms with Crippen LogP contribution in [0.4, 0.5) is 19.0 Å². The number of benzene rings is 2. The molecule has 32 heavy (non-hydrogen) atoms. The number of ether oxygens (including phenoxy) is 1. The maximum Gasteiger partial charge on any atom is 0.270 e. The molecule has 4 aromatic rings. The zero-order valence-corrected chi connectivity index (χ0v) is 17.1. The molecule has 1 atom stereocenters. The van der Waals surface area contributed by atoms with Crippen molar-refractivity contribution >= 4 is 28.3 Å². The second-order valence-corrected chi connectivity index (χ2v) is 7.85. The Balaban J connectivity index is 1.53. The summed E-state index contributed by atoms with van der Waals surface area (Å²) in [5.74, 6) is -3.86. The normalized spacial score (nSPS) is 15.7. The molecule has 0 radical (unpaired) electrons. The van der Waals surface area contributed by atoms with Crippen molar-refractivity contribution in [2.24, 2.45) is 0 Å². The summed E-state index contributed by atoms with van der Waals surface area (Å²) in [4.78, 5) is 22.8. The van der Waals surface area contributed by atoms with E-state index in [-0.39, 0.29) is 34.8 Å². The summed E-state index contributed by atoms with van der Waals surface area (Å²) in [6.45, 7) is 0.883. The van der Waals surface area contributed by atoms with E-state index in [4.69, 9.17) is 10.5 Å². The average molecular weight is 441 g/mol. The Bertz CT molecular complexity index is 1400. The fraction of sp³-hybridized carbons (Fsp3) is 0.227. The van der Waals surface area contributed by atoms with Crippen molar-refractivity contribution in [1.82, 2.24) is 19.3 Å². The molecular formula is C22H18F3N5O2. The Morgan fingerprint density at radius 3 is 2.81 bits per heavy atom. The number of amides is 1. The van der Waals surface area contributed by atoms with Gasteiger partial charge in [0.2, 0.25) is 0 Å². The van der Waals surface area contributed by atoms with Gasteiger partial charge in [-0.25, -0.2) is 23.1 Å². The van der Waals surface area contributed by atoms with Gasteiger partial charge in [-0.1, -0.05) is 12.1 Å². The van der Waals surface area contributed by atoms with E-state index >= 15 is 0 Å². The molecule has 2 aromatic heterocycles. The van der Waals surface area contributed by atoms with Crippen LogP contribution >= 0.6 is 0 Å². The van der Waals surface area contributed by atoms with Crippen LogP contribution in [-0.2, 0) is 5.92 Å². The summed E-state index contributed by atoms with van der Waals surface area (Å²) < 4.78 is 49.3. The number of imidazole rings is 1. The number of nitrogen functional groups attached to an aromatic ring is 1. The Morgan fingerprint density at radius 2 is 2.06 bits per heavy atom. The quantitative estimate of drug-likeness (QED) is 0.521. The number of likely N-dealkylation sites (N-methyl/N-ethyl adjacent to an activating group) is 1. The van der Waals surface area contributed by atoms with Gasteiger partial charge < -0.3 is 15.4 Å². The van der Waals surface area contributed by atoms with E-state index in [0.29, 0.717) is 16.6 Å². The van der Waals surface area contributed by atoms with Crippen LogP contribution in [0.3, 0.4) is 0 Å². The van der Waals surface area contributed by atoms with Crippen LogP contribution in [-0.4, -0.2) is 38.8 Å². The van der Waals surface area contributed by atoms with Crippen LogP contribution in [0.25, 0.3) is 16.6 Å². The summed E-state index contributed by atoms with van der Waals surface area (Å²) in [5, 5.41) is 0. The third kappa shape index (κ3) is 3.02. The van der Waals surface area contributed by atoms with Gasteiger partial charge in [-0.3, -0.25) is 9.20 Å². The smallest absolute Gasteiger partial charge is 0.270 e. The molecular weight excluding hydrogens is 423 g/mol. The number of carbonyl (C=O) groups excluding carboxylic acids is 1. The lowest BCUT2D eigenvalue weighted by atomic mass is 10.0. The van der Waals surface area contributed by atoms with Gasteiger partial charge in [-0.05, 0) is 12.1 Å². The van der Waals surface area contributed by atoms with Gasteiger partial charge in [0.25, 0.3) is 11.8 Å². The first-order valence-electron chi connectivity index (χ1n) is 9.78. The van der Waals surface area contributed by atoms with Crippen molar-refractivity contribution in [2.45, 2.75) is 18.9 Å². The predicted molar refractivity (Wildman–Crippen MR) is 111 cm³/mol. The molecule has 164 valence electrons. The van der Waals surface area contributed by atoms with Crippen LogP contribution in [0, 0.1) is 5.82 Å². The number of rotatable bonds is 3. The highest BCUT2D eigenvalue weighted by molar-refractivity contribution is 5.98. The number of hydrogen-bond donors (Lipinski definition) is 1.